The third-order valence-electron chi connectivity index (χ3n) is 4.51. The van der Waals surface area contributed by atoms with Crippen LogP contribution in [0.5, 0.6) is 5.88 Å². The molecule has 0 unspecified atom stereocenters. The van der Waals surface area contributed by atoms with E-state index < -0.39 is 5.97 Å². The normalized spacial score (nSPS) is 10.5. The Balaban J connectivity index is 0.000000668. The molecular weight excluding hydrogens is 413 g/mol. The third-order valence-corrected chi connectivity index (χ3v) is 4.51. The van der Waals surface area contributed by atoms with Gasteiger partial charge in [0, 0.05) is 31.5 Å². The van der Waals surface area contributed by atoms with E-state index in [4.69, 9.17) is 19.4 Å². The maximum atomic E-state index is 13.4. The first-order valence-electron chi connectivity index (χ1n) is 9.91. The van der Waals surface area contributed by atoms with Crippen molar-refractivity contribution >= 4 is 17.0 Å². The van der Waals surface area contributed by atoms with Gasteiger partial charge in [0.1, 0.15) is 18.8 Å². The molecule has 2 heterocycles. The van der Waals surface area contributed by atoms with Gasteiger partial charge in [0.2, 0.25) is 5.88 Å². The smallest absolute Gasteiger partial charge is 0.300 e. The van der Waals surface area contributed by atoms with Crippen molar-refractivity contribution in [3.8, 4) is 22.7 Å². The minimum absolute atomic E-state index is 0.279. The molecule has 4 rings (SSSR count). The number of aromatic nitrogens is 3. The first kappa shape index (κ1) is 22.9. The SMILES string of the molecule is CC(=O)O.COCCOc1ncnc2c1c(-c1ccc(F)cc1)cn2-c1cccc(C)c1. The van der Waals surface area contributed by atoms with Gasteiger partial charge >= 0.3 is 0 Å². The maximum absolute atomic E-state index is 13.4. The van der Waals surface area contributed by atoms with Crippen LogP contribution in [0, 0.1) is 12.7 Å². The second-order valence-electron chi connectivity index (χ2n) is 7.00. The summed E-state index contributed by atoms with van der Waals surface area (Å²) in [6.45, 7) is 3.96. The highest BCUT2D eigenvalue weighted by atomic mass is 19.1. The van der Waals surface area contributed by atoms with Crippen LogP contribution in [0.15, 0.2) is 61.1 Å². The molecule has 0 fully saturated rings. The van der Waals surface area contributed by atoms with Gasteiger partial charge in [-0.2, -0.15) is 0 Å². The zero-order chi connectivity index (χ0) is 23.1. The molecule has 32 heavy (non-hydrogen) atoms. The van der Waals surface area contributed by atoms with E-state index in [2.05, 4.69) is 16.0 Å². The lowest BCUT2D eigenvalue weighted by atomic mass is 10.1. The van der Waals surface area contributed by atoms with Crippen LogP contribution in [0.3, 0.4) is 0 Å². The molecule has 166 valence electrons. The number of aliphatic carboxylic acids is 1. The number of aryl methyl sites for hydroxylation is 1. The lowest BCUT2D eigenvalue weighted by Crippen LogP contribution is -2.06. The summed E-state index contributed by atoms with van der Waals surface area (Å²) in [4.78, 5) is 17.8. The van der Waals surface area contributed by atoms with E-state index in [1.54, 1.807) is 19.2 Å². The fourth-order valence-corrected chi connectivity index (χ4v) is 3.19. The Morgan fingerprint density at radius 2 is 1.84 bits per heavy atom. The molecule has 2 aromatic carbocycles. The van der Waals surface area contributed by atoms with E-state index in [0.717, 1.165) is 40.3 Å². The van der Waals surface area contributed by atoms with Gasteiger partial charge in [0.15, 0.2) is 5.65 Å². The highest BCUT2D eigenvalue weighted by Crippen LogP contribution is 2.36. The summed E-state index contributed by atoms with van der Waals surface area (Å²) in [6, 6.07) is 14.5. The molecule has 1 N–H and O–H groups in total. The van der Waals surface area contributed by atoms with Gasteiger partial charge in [0.25, 0.3) is 5.97 Å². The quantitative estimate of drug-likeness (QED) is 0.442. The van der Waals surface area contributed by atoms with Crippen LogP contribution in [0.1, 0.15) is 12.5 Å². The molecule has 0 amide bonds. The van der Waals surface area contributed by atoms with Gasteiger partial charge in [-0.05, 0) is 42.3 Å². The van der Waals surface area contributed by atoms with E-state index in [1.165, 1.54) is 18.5 Å². The molecule has 7 nitrogen and oxygen atoms in total. The van der Waals surface area contributed by atoms with Crippen LogP contribution in [-0.2, 0) is 9.53 Å². The Morgan fingerprint density at radius 3 is 2.50 bits per heavy atom. The lowest BCUT2D eigenvalue weighted by Gasteiger charge is -2.08. The van der Waals surface area contributed by atoms with Gasteiger partial charge in [-0.1, -0.05) is 24.3 Å². The summed E-state index contributed by atoms with van der Waals surface area (Å²) < 4.78 is 26.4. The Kier molecular flexibility index (Phi) is 7.51. The minimum atomic E-state index is -0.833. The highest BCUT2D eigenvalue weighted by Gasteiger charge is 2.18. The van der Waals surface area contributed by atoms with Crippen LogP contribution >= 0.6 is 0 Å². The first-order valence-corrected chi connectivity index (χ1v) is 9.91. The highest BCUT2D eigenvalue weighted by molar-refractivity contribution is 5.98. The predicted molar refractivity (Wildman–Crippen MR) is 120 cm³/mol. The van der Waals surface area contributed by atoms with Crippen molar-refractivity contribution in [1.29, 1.82) is 0 Å². The average molecular weight is 437 g/mol. The predicted octanol–water partition coefficient (Wildman–Crippen LogP) is 4.65. The number of hydrogen-bond acceptors (Lipinski definition) is 5. The van der Waals surface area contributed by atoms with E-state index in [-0.39, 0.29) is 5.82 Å². The van der Waals surface area contributed by atoms with Gasteiger partial charge in [-0.25, -0.2) is 14.4 Å². The third kappa shape index (κ3) is 5.47. The molecule has 0 aliphatic heterocycles. The minimum Gasteiger partial charge on any atom is -0.481 e. The fourth-order valence-electron chi connectivity index (χ4n) is 3.19. The van der Waals surface area contributed by atoms with E-state index in [0.29, 0.717) is 19.1 Å². The molecule has 0 saturated carbocycles. The number of ether oxygens (including phenoxy) is 2. The van der Waals surface area contributed by atoms with Crippen LogP contribution in [0.25, 0.3) is 27.8 Å². The number of methoxy groups -OCH3 is 1. The monoisotopic (exact) mass is 437 g/mol. The molecule has 0 atom stereocenters. The Morgan fingerprint density at radius 1 is 1.12 bits per heavy atom. The summed E-state index contributed by atoms with van der Waals surface area (Å²) in [6.07, 6.45) is 3.48. The summed E-state index contributed by atoms with van der Waals surface area (Å²) in [5.74, 6) is -0.633. The summed E-state index contributed by atoms with van der Waals surface area (Å²) in [7, 11) is 1.62. The van der Waals surface area contributed by atoms with Crippen LogP contribution < -0.4 is 4.74 Å². The number of rotatable bonds is 6. The van der Waals surface area contributed by atoms with Crippen LogP contribution in [-0.4, -0.2) is 45.9 Å². The number of halogens is 1. The number of nitrogens with zero attached hydrogens (tertiary/aromatic N) is 3. The first-order chi connectivity index (χ1) is 15.4. The number of hydrogen-bond donors (Lipinski definition) is 1. The number of carbonyl (C=O) groups is 1. The zero-order valence-corrected chi connectivity index (χ0v) is 18.1. The van der Waals surface area contributed by atoms with E-state index in [1.807, 2.05) is 35.9 Å². The summed E-state index contributed by atoms with van der Waals surface area (Å²) >= 11 is 0. The number of benzene rings is 2. The molecular formula is C24H24FN3O4. The van der Waals surface area contributed by atoms with E-state index in [9.17, 15) is 4.39 Å². The lowest BCUT2D eigenvalue weighted by molar-refractivity contribution is -0.134. The van der Waals surface area contributed by atoms with Crippen LogP contribution in [0.4, 0.5) is 4.39 Å². The second kappa shape index (κ2) is 10.5. The van der Waals surface area contributed by atoms with Crippen molar-refractivity contribution in [3.63, 3.8) is 0 Å². The second-order valence-corrected chi connectivity index (χ2v) is 7.00. The Hall–Kier alpha value is -3.78. The van der Waals surface area contributed by atoms with Crippen molar-refractivity contribution < 1.29 is 23.8 Å². The molecule has 4 aromatic rings. The molecule has 0 spiro atoms. The molecule has 0 saturated heterocycles. The zero-order valence-electron chi connectivity index (χ0n) is 18.1. The molecule has 0 aliphatic rings. The molecule has 0 radical (unpaired) electrons. The largest absolute Gasteiger partial charge is 0.481 e. The fraction of sp³-hybridized carbons (Fsp3) is 0.208. The number of carboxylic acids is 1. The van der Waals surface area contributed by atoms with Gasteiger partial charge in [-0.15, -0.1) is 0 Å². The molecule has 0 bridgehead atoms. The van der Waals surface area contributed by atoms with Crippen molar-refractivity contribution in [2.45, 2.75) is 13.8 Å². The Bertz CT molecular complexity index is 1200. The number of carboxylic acid groups (broad SMARTS) is 1. The Labute approximate surface area is 185 Å². The summed E-state index contributed by atoms with van der Waals surface area (Å²) in [5, 5.41) is 8.20. The number of fused-ring (bicyclic) bond motifs is 1. The van der Waals surface area contributed by atoms with Crippen molar-refractivity contribution in [1.82, 2.24) is 14.5 Å². The van der Waals surface area contributed by atoms with E-state index >= 15 is 0 Å². The maximum Gasteiger partial charge on any atom is 0.300 e. The molecule has 0 aliphatic carbocycles. The van der Waals surface area contributed by atoms with Crippen LogP contribution in [0.2, 0.25) is 0 Å². The van der Waals surface area contributed by atoms with Gasteiger partial charge in [0.05, 0.1) is 12.0 Å². The standard InChI is InChI=1S/C22H20FN3O2.C2H4O2/c1-15-4-3-5-18(12-15)26-13-19(16-6-8-17(23)9-7-16)20-21(26)24-14-25-22(20)28-11-10-27-2;1-2(3)4/h3-9,12-14H,10-11H2,1-2H3;1H3,(H,3,4). The topological polar surface area (TPSA) is 86.5 Å². The molecule has 2 aromatic heterocycles. The average Bonchev–Trinajstić information content (AvgIpc) is 3.15. The van der Waals surface area contributed by atoms with Gasteiger partial charge in [-0.3, -0.25) is 4.79 Å². The van der Waals surface area contributed by atoms with Crippen molar-refractivity contribution in [2.75, 3.05) is 20.3 Å². The summed E-state index contributed by atoms with van der Waals surface area (Å²) in [5.41, 5.74) is 4.61. The van der Waals surface area contributed by atoms with Crippen molar-refractivity contribution in [3.05, 3.63) is 72.4 Å². The molecule has 8 heteroatoms. The van der Waals surface area contributed by atoms with Crippen molar-refractivity contribution in [2.24, 2.45) is 0 Å². The van der Waals surface area contributed by atoms with Gasteiger partial charge < -0.3 is 19.1 Å².